The first-order valence-electron chi connectivity index (χ1n) is 8.21. The van der Waals surface area contributed by atoms with Gasteiger partial charge < -0.3 is 0 Å². The summed E-state index contributed by atoms with van der Waals surface area (Å²) < 4.78 is 2.10. The molecular weight excluding hydrogens is 306 g/mol. The Labute approximate surface area is 147 Å². The average Bonchev–Trinajstić information content (AvgIpc) is 2.99. The number of rotatable bonds is 3. The van der Waals surface area contributed by atoms with Crippen molar-refractivity contribution in [3.05, 3.63) is 102 Å². The predicted octanol–water partition coefficient (Wildman–Crippen LogP) is 4.99. The summed E-state index contributed by atoms with van der Waals surface area (Å²) in [5, 5.41) is 8.98. The Morgan fingerprint density at radius 2 is 1.48 bits per heavy atom. The highest BCUT2D eigenvalue weighted by Crippen LogP contribution is 2.27. The molecule has 0 radical (unpaired) electrons. The lowest BCUT2D eigenvalue weighted by molar-refractivity contribution is 1.03. The smallest absolute Gasteiger partial charge is 0.168 e. The van der Waals surface area contributed by atoms with Crippen molar-refractivity contribution < 1.29 is 0 Å². The normalized spacial score (nSPS) is 13.3. The minimum Gasteiger partial charge on any atom is -0.275 e. The van der Waals surface area contributed by atoms with E-state index in [0.29, 0.717) is 0 Å². The Morgan fingerprint density at radius 3 is 2.24 bits per heavy atom. The van der Waals surface area contributed by atoms with Gasteiger partial charge in [0.2, 0.25) is 0 Å². The Morgan fingerprint density at radius 1 is 0.800 bits per heavy atom. The summed E-state index contributed by atoms with van der Waals surface area (Å²) >= 11 is 0. The zero-order chi connectivity index (χ0) is 17.1. The number of hydrogen-bond acceptors (Lipinski definition) is 2. The molecule has 2 aromatic carbocycles. The van der Waals surface area contributed by atoms with Crippen molar-refractivity contribution in [3.63, 3.8) is 0 Å². The van der Waals surface area contributed by atoms with Crippen molar-refractivity contribution in [3.8, 4) is 17.1 Å². The van der Waals surface area contributed by atoms with E-state index in [1.165, 1.54) is 0 Å². The molecule has 0 bridgehead atoms. The van der Waals surface area contributed by atoms with Crippen molar-refractivity contribution in [2.24, 2.45) is 0 Å². The number of nitrogens with zero attached hydrogens (tertiary/aromatic N) is 3. The predicted molar refractivity (Wildman–Crippen MR) is 101 cm³/mol. The fourth-order valence-electron chi connectivity index (χ4n) is 2.80. The van der Waals surface area contributed by atoms with E-state index in [9.17, 15) is 0 Å². The van der Waals surface area contributed by atoms with Crippen molar-refractivity contribution in [1.82, 2.24) is 14.8 Å². The summed E-state index contributed by atoms with van der Waals surface area (Å²) in [7, 11) is 0. The van der Waals surface area contributed by atoms with Gasteiger partial charge in [0.15, 0.2) is 11.6 Å². The van der Waals surface area contributed by atoms with Crippen LogP contribution < -0.4 is 0 Å². The van der Waals surface area contributed by atoms with Gasteiger partial charge in [0.1, 0.15) is 0 Å². The van der Waals surface area contributed by atoms with Crippen LogP contribution in [0.1, 0.15) is 12.7 Å². The maximum Gasteiger partial charge on any atom is 0.168 e. The third-order valence-corrected chi connectivity index (χ3v) is 4.05. The Bertz CT molecular complexity index is 1020. The van der Waals surface area contributed by atoms with E-state index >= 15 is 0 Å². The SMILES string of the molecule is CC1=C=CC=C(c2nnc(-c3ccccc3)n2-c2ccccc2)C=C1. The van der Waals surface area contributed by atoms with Gasteiger partial charge in [-0.05, 0) is 36.8 Å². The molecule has 0 fully saturated rings. The molecule has 0 saturated carbocycles. The molecule has 4 rings (SSSR count). The molecular formula is C22H17N3. The van der Waals surface area contributed by atoms with Gasteiger partial charge in [0.05, 0.1) is 0 Å². The lowest BCUT2D eigenvalue weighted by Gasteiger charge is -2.11. The molecule has 0 N–H and O–H groups in total. The van der Waals surface area contributed by atoms with Crippen LogP contribution in [0.4, 0.5) is 0 Å². The van der Waals surface area contributed by atoms with Gasteiger partial charge >= 0.3 is 0 Å². The van der Waals surface area contributed by atoms with E-state index < -0.39 is 0 Å². The van der Waals surface area contributed by atoms with Crippen LogP contribution in [-0.2, 0) is 0 Å². The molecule has 1 aliphatic carbocycles. The molecule has 0 aliphatic heterocycles. The van der Waals surface area contributed by atoms with E-state index in [1.54, 1.807) is 0 Å². The van der Waals surface area contributed by atoms with Crippen molar-refractivity contribution >= 4 is 5.57 Å². The zero-order valence-corrected chi connectivity index (χ0v) is 13.9. The second-order valence-electron chi connectivity index (χ2n) is 5.83. The van der Waals surface area contributed by atoms with Crippen LogP contribution in [0.5, 0.6) is 0 Å². The molecule has 0 atom stereocenters. The molecule has 3 aromatic rings. The van der Waals surface area contributed by atoms with Crippen molar-refractivity contribution in [1.29, 1.82) is 0 Å². The summed E-state index contributed by atoms with van der Waals surface area (Å²) in [5.41, 5.74) is 7.37. The first-order chi connectivity index (χ1) is 12.3. The van der Waals surface area contributed by atoms with Crippen molar-refractivity contribution in [2.45, 2.75) is 6.92 Å². The van der Waals surface area contributed by atoms with E-state index in [1.807, 2.05) is 61.5 Å². The van der Waals surface area contributed by atoms with Crippen LogP contribution in [-0.4, -0.2) is 14.8 Å². The quantitative estimate of drug-likeness (QED) is 0.636. The van der Waals surface area contributed by atoms with Crippen molar-refractivity contribution in [2.75, 3.05) is 0 Å². The van der Waals surface area contributed by atoms with Crippen LogP contribution in [0.2, 0.25) is 0 Å². The van der Waals surface area contributed by atoms with Crippen LogP contribution in [0.3, 0.4) is 0 Å². The molecule has 0 spiro atoms. The molecule has 1 heterocycles. The highest BCUT2D eigenvalue weighted by molar-refractivity contribution is 5.75. The average molecular weight is 323 g/mol. The summed E-state index contributed by atoms with van der Waals surface area (Å²) in [6.07, 6.45) is 8.05. The Balaban J connectivity index is 1.92. The maximum atomic E-state index is 4.50. The van der Waals surface area contributed by atoms with Crippen LogP contribution >= 0.6 is 0 Å². The van der Waals surface area contributed by atoms with Crippen LogP contribution in [0.25, 0.3) is 22.6 Å². The van der Waals surface area contributed by atoms with Crippen LogP contribution in [0, 0.1) is 0 Å². The first kappa shape index (κ1) is 15.1. The molecule has 0 unspecified atom stereocenters. The Kier molecular flexibility index (Phi) is 3.99. The number of benzene rings is 2. The van der Waals surface area contributed by atoms with E-state index in [-0.39, 0.29) is 0 Å². The standard InChI is InChI=1S/C22H17N3/c1-17-9-8-12-19(16-15-17)22-24-23-21(18-10-4-2-5-11-18)25(22)20-13-6-3-7-14-20/h2-8,10-16H,1H3. The number of allylic oxidation sites excluding steroid dienone is 5. The summed E-state index contributed by atoms with van der Waals surface area (Å²) in [6.45, 7) is 2.03. The molecule has 25 heavy (non-hydrogen) atoms. The summed E-state index contributed by atoms with van der Waals surface area (Å²) in [6, 6.07) is 20.3. The number of hydrogen-bond donors (Lipinski definition) is 0. The molecule has 3 nitrogen and oxygen atoms in total. The largest absolute Gasteiger partial charge is 0.275 e. The van der Waals surface area contributed by atoms with Gasteiger partial charge in [0, 0.05) is 16.8 Å². The number of aromatic nitrogens is 3. The van der Waals surface area contributed by atoms with Crippen LogP contribution in [0.15, 0.2) is 96.3 Å². The molecule has 0 saturated heterocycles. The molecule has 1 aromatic heterocycles. The van der Waals surface area contributed by atoms with Gasteiger partial charge in [-0.15, -0.1) is 15.9 Å². The summed E-state index contributed by atoms with van der Waals surface area (Å²) in [5.74, 6) is 1.64. The van der Waals surface area contributed by atoms with Gasteiger partial charge in [-0.25, -0.2) is 0 Å². The molecule has 0 amide bonds. The lowest BCUT2D eigenvalue weighted by atomic mass is 10.1. The topological polar surface area (TPSA) is 30.7 Å². The third kappa shape index (κ3) is 3.01. The minimum atomic E-state index is 0.814. The van der Waals surface area contributed by atoms with E-state index in [4.69, 9.17) is 0 Å². The third-order valence-electron chi connectivity index (χ3n) is 4.05. The second-order valence-corrected chi connectivity index (χ2v) is 5.83. The van der Waals surface area contributed by atoms with Gasteiger partial charge in [-0.1, -0.05) is 60.7 Å². The highest BCUT2D eigenvalue weighted by atomic mass is 15.3. The number of para-hydroxylation sites is 1. The minimum absolute atomic E-state index is 0.814. The monoisotopic (exact) mass is 323 g/mol. The van der Waals surface area contributed by atoms with E-state index in [2.05, 4.69) is 50.8 Å². The molecule has 1 aliphatic rings. The summed E-state index contributed by atoms with van der Waals surface area (Å²) in [4.78, 5) is 0. The Hall–Kier alpha value is -3.42. The highest BCUT2D eigenvalue weighted by Gasteiger charge is 2.17. The zero-order valence-electron chi connectivity index (χ0n) is 13.9. The molecule has 120 valence electrons. The fourth-order valence-corrected chi connectivity index (χ4v) is 2.80. The lowest BCUT2D eigenvalue weighted by Crippen LogP contribution is -2.02. The van der Waals surface area contributed by atoms with E-state index in [0.717, 1.165) is 34.0 Å². The first-order valence-corrected chi connectivity index (χ1v) is 8.21. The van der Waals surface area contributed by atoms with Gasteiger partial charge in [-0.3, -0.25) is 4.57 Å². The van der Waals surface area contributed by atoms with Gasteiger partial charge in [-0.2, -0.15) is 0 Å². The maximum absolute atomic E-state index is 4.50. The molecule has 3 heteroatoms. The fraction of sp³-hybridized carbons (Fsp3) is 0.0455. The second kappa shape index (κ2) is 6.60. The van der Waals surface area contributed by atoms with Gasteiger partial charge in [0.25, 0.3) is 0 Å².